The number of nitrogens with one attached hydrogen (secondary N) is 3. The highest BCUT2D eigenvalue weighted by atomic mass is 16.5. The number of nitrogens with two attached hydrogens (primary N) is 1. The van der Waals surface area contributed by atoms with E-state index in [1.165, 1.54) is 13.2 Å². The van der Waals surface area contributed by atoms with Crippen LogP contribution >= 0.6 is 0 Å². The maximum atomic E-state index is 12.8. The molecule has 9 heteroatoms. The molecular weight excluding hydrogens is 506 g/mol. The van der Waals surface area contributed by atoms with Gasteiger partial charge >= 0.3 is 0 Å². The lowest BCUT2D eigenvalue weighted by Crippen LogP contribution is -2.27. The van der Waals surface area contributed by atoms with E-state index < -0.39 is 5.91 Å². The van der Waals surface area contributed by atoms with E-state index in [0.29, 0.717) is 47.1 Å². The molecule has 2 aromatic carbocycles. The summed E-state index contributed by atoms with van der Waals surface area (Å²) < 4.78 is 5.57. The second-order valence-electron chi connectivity index (χ2n) is 10.4. The monoisotopic (exact) mass is 545 g/mol. The number of ether oxygens (including phenoxy) is 1. The third kappa shape index (κ3) is 7.18. The lowest BCUT2D eigenvalue weighted by Gasteiger charge is -2.15. The van der Waals surface area contributed by atoms with Crippen molar-refractivity contribution in [2.24, 2.45) is 11.7 Å². The molecule has 0 fully saturated rings. The van der Waals surface area contributed by atoms with Gasteiger partial charge in [-0.3, -0.25) is 14.4 Å². The molecule has 0 spiro atoms. The molecule has 3 rings (SSSR count). The number of aryl methyl sites for hydroxylation is 2. The average Bonchev–Trinajstić information content (AvgIpc) is 3.23. The molecular formula is C31H39N5O4. The van der Waals surface area contributed by atoms with E-state index in [1.54, 1.807) is 24.3 Å². The van der Waals surface area contributed by atoms with Crippen LogP contribution in [0.3, 0.4) is 0 Å². The van der Waals surface area contributed by atoms with Crippen LogP contribution < -0.4 is 21.1 Å². The van der Waals surface area contributed by atoms with Gasteiger partial charge in [0, 0.05) is 41.7 Å². The minimum absolute atomic E-state index is 0.215. The molecule has 0 aliphatic rings. The van der Waals surface area contributed by atoms with Gasteiger partial charge < -0.3 is 31.0 Å². The summed E-state index contributed by atoms with van der Waals surface area (Å²) in [6.45, 7) is 9.06. The van der Waals surface area contributed by atoms with E-state index in [-0.39, 0.29) is 17.5 Å². The summed E-state index contributed by atoms with van der Waals surface area (Å²) in [7, 11) is 5.37. The van der Waals surface area contributed by atoms with Gasteiger partial charge in [0.15, 0.2) is 0 Å². The van der Waals surface area contributed by atoms with Crippen LogP contribution in [-0.4, -0.2) is 61.9 Å². The molecule has 40 heavy (non-hydrogen) atoms. The third-order valence-electron chi connectivity index (χ3n) is 6.34. The highest BCUT2D eigenvalue weighted by Gasteiger charge is 2.24. The predicted molar refractivity (Wildman–Crippen MR) is 160 cm³/mol. The minimum Gasteiger partial charge on any atom is -0.496 e. The number of aromatic nitrogens is 1. The van der Waals surface area contributed by atoms with Crippen LogP contribution in [0.25, 0.3) is 22.3 Å². The summed E-state index contributed by atoms with van der Waals surface area (Å²) in [6, 6.07) is 10.8. The van der Waals surface area contributed by atoms with Crippen LogP contribution in [0.2, 0.25) is 0 Å². The van der Waals surface area contributed by atoms with Crippen LogP contribution in [0.15, 0.2) is 48.6 Å². The molecule has 0 saturated heterocycles. The minimum atomic E-state index is -0.604. The summed E-state index contributed by atoms with van der Waals surface area (Å²) in [4.78, 5) is 42.7. The predicted octanol–water partition coefficient (Wildman–Crippen LogP) is 4.52. The Morgan fingerprint density at radius 2 is 1.80 bits per heavy atom. The summed E-state index contributed by atoms with van der Waals surface area (Å²) in [5.74, 6) is -0.361. The van der Waals surface area contributed by atoms with Crippen LogP contribution in [0.5, 0.6) is 5.75 Å². The second-order valence-corrected chi connectivity index (χ2v) is 10.4. The van der Waals surface area contributed by atoms with Crippen molar-refractivity contribution in [2.75, 3.05) is 39.6 Å². The average molecular weight is 546 g/mol. The van der Waals surface area contributed by atoms with E-state index in [0.717, 1.165) is 22.4 Å². The molecule has 0 aliphatic carbocycles. The SMILES string of the molecule is COc1cc(-c2c(C(N)=O)[nH]c(C)c2-c2ccc(NC(=O)C=CCN(C)C)cc2C)ccc1C(=O)NCC(C)C. The molecule has 0 saturated carbocycles. The second kappa shape index (κ2) is 13.1. The van der Waals surface area contributed by atoms with E-state index in [9.17, 15) is 14.4 Å². The Morgan fingerprint density at radius 3 is 2.40 bits per heavy atom. The fraction of sp³-hybridized carbons (Fsp3) is 0.323. The van der Waals surface area contributed by atoms with E-state index in [4.69, 9.17) is 10.5 Å². The Kier molecular flexibility index (Phi) is 9.90. The number of methoxy groups -OCH3 is 1. The lowest BCUT2D eigenvalue weighted by atomic mass is 9.91. The highest BCUT2D eigenvalue weighted by Crippen LogP contribution is 2.41. The first-order valence-electron chi connectivity index (χ1n) is 13.1. The summed E-state index contributed by atoms with van der Waals surface area (Å²) in [5.41, 5.74) is 11.7. The number of carbonyl (C=O) groups is 3. The van der Waals surface area contributed by atoms with Crippen molar-refractivity contribution in [1.82, 2.24) is 15.2 Å². The number of rotatable bonds is 11. The standard InChI is InChI=1S/C31H39N5O4/c1-18(2)17-33-31(39)24-12-10-21(16-25(24)40-7)28-27(20(4)34-29(28)30(32)38)23-13-11-22(15-19(23)3)35-26(37)9-8-14-36(5)6/h8-13,15-16,18,34H,14,17H2,1-7H3,(H2,32,38)(H,33,39)(H,35,37). The smallest absolute Gasteiger partial charge is 0.265 e. The molecule has 9 nitrogen and oxygen atoms in total. The zero-order valence-electron chi connectivity index (χ0n) is 24.3. The first-order valence-corrected chi connectivity index (χ1v) is 13.1. The number of primary amides is 1. The molecule has 0 bridgehead atoms. The van der Waals surface area contributed by atoms with Crippen molar-refractivity contribution in [3.05, 3.63) is 71.1 Å². The van der Waals surface area contributed by atoms with Crippen molar-refractivity contribution in [3.63, 3.8) is 0 Å². The van der Waals surface area contributed by atoms with Crippen LogP contribution in [0.4, 0.5) is 5.69 Å². The van der Waals surface area contributed by atoms with Crippen LogP contribution in [-0.2, 0) is 4.79 Å². The van der Waals surface area contributed by atoms with Gasteiger partial charge in [-0.15, -0.1) is 0 Å². The van der Waals surface area contributed by atoms with Crippen molar-refractivity contribution < 1.29 is 19.1 Å². The van der Waals surface area contributed by atoms with Gasteiger partial charge in [-0.25, -0.2) is 0 Å². The Morgan fingerprint density at radius 1 is 1.07 bits per heavy atom. The molecule has 3 aromatic rings. The molecule has 212 valence electrons. The first-order chi connectivity index (χ1) is 18.9. The fourth-order valence-corrected chi connectivity index (χ4v) is 4.44. The molecule has 1 aromatic heterocycles. The number of likely N-dealkylation sites (N-methyl/N-ethyl adjacent to an activating group) is 1. The van der Waals surface area contributed by atoms with Crippen molar-refractivity contribution in [3.8, 4) is 28.0 Å². The van der Waals surface area contributed by atoms with Crippen molar-refractivity contribution in [1.29, 1.82) is 0 Å². The number of H-pyrrole nitrogens is 1. The number of hydrogen-bond acceptors (Lipinski definition) is 5. The number of benzene rings is 2. The molecule has 0 radical (unpaired) electrons. The molecule has 0 atom stereocenters. The lowest BCUT2D eigenvalue weighted by molar-refractivity contribution is -0.111. The molecule has 0 aliphatic heterocycles. The normalized spacial score (nSPS) is 11.3. The van der Waals surface area contributed by atoms with Gasteiger partial charge in [0.1, 0.15) is 11.4 Å². The number of nitrogens with zero attached hydrogens (tertiary/aromatic N) is 1. The zero-order valence-corrected chi connectivity index (χ0v) is 24.3. The largest absolute Gasteiger partial charge is 0.496 e. The van der Waals surface area contributed by atoms with E-state index >= 15 is 0 Å². The topological polar surface area (TPSA) is 130 Å². The molecule has 5 N–H and O–H groups in total. The zero-order chi connectivity index (χ0) is 29.6. The van der Waals surface area contributed by atoms with E-state index in [1.807, 2.05) is 64.9 Å². The number of amides is 3. The molecule has 3 amide bonds. The Hall–Kier alpha value is -4.37. The Bertz CT molecular complexity index is 1440. The highest BCUT2D eigenvalue weighted by molar-refractivity contribution is 6.05. The van der Waals surface area contributed by atoms with E-state index in [2.05, 4.69) is 15.6 Å². The summed E-state index contributed by atoms with van der Waals surface area (Å²) in [6.07, 6.45) is 3.31. The third-order valence-corrected chi connectivity index (χ3v) is 6.34. The van der Waals surface area contributed by atoms with Crippen LogP contribution in [0.1, 0.15) is 46.0 Å². The maximum absolute atomic E-state index is 12.8. The fourth-order valence-electron chi connectivity index (χ4n) is 4.44. The quantitative estimate of drug-likeness (QED) is 0.263. The number of carbonyl (C=O) groups excluding carboxylic acids is 3. The van der Waals surface area contributed by atoms with Gasteiger partial charge in [-0.2, -0.15) is 0 Å². The summed E-state index contributed by atoms with van der Waals surface area (Å²) in [5, 5.41) is 5.80. The van der Waals surface area contributed by atoms with Crippen LogP contribution in [0, 0.1) is 19.8 Å². The van der Waals surface area contributed by atoms with Gasteiger partial charge in [0.05, 0.1) is 12.7 Å². The molecule has 1 heterocycles. The number of anilines is 1. The maximum Gasteiger partial charge on any atom is 0.265 e. The first kappa shape index (κ1) is 30.2. The number of hydrogen-bond donors (Lipinski definition) is 4. The van der Waals surface area contributed by atoms with Gasteiger partial charge in [-0.05, 0) is 74.8 Å². The summed E-state index contributed by atoms with van der Waals surface area (Å²) >= 11 is 0. The number of aromatic amines is 1. The van der Waals surface area contributed by atoms with Gasteiger partial charge in [0.2, 0.25) is 5.91 Å². The Labute approximate surface area is 235 Å². The van der Waals surface area contributed by atoms with Crippen molar-refractivity contribution >= 4 is 23.4 Å². The van der Waals surface area contributed by atoms with Gasteiger partial charge in [0.25, 0.3) is 11.8 Å². The van der Waals surface area contributed by atoms with Gasteiger partial charge in [-0.1, -0.05) is 32.1 Å². The molecule has 0 unspecified atom stereocenters. The Balaban J connectivity index is 2.04. The van der Waals surface area contributed by atoms with Crippen molar-refractivity contribution in [2.45, 2.75) is 27.7 Å².